The minimum atomic E-state index is -3.13. The molecule has 1 aliphatic rings. The molecule has 0 saturated carbocycles. The van der Waals surface area contributed by atoms with Crippen molar-refractivity contribution in [2.24, 2.45) is 0 Å². The van der Waals surface area contributed by atoms with Gasteiger partial charge in [0.1, 0.15) is 0 Å². The summed E-state index contributed by atoms with van der Waals surface area (Å²) in [5, 5.41) is 8.66. The van der Waals surface area contributed by atoms with Gasteiger partial charge in [0.15, 0.2) is 9.84 Å². The highest BCUT2D eigenvalue weighted by molar-refractivity contribution is 7.91. The van der Waals surface area contributed by atoms with Gasteiger partial charge in [-0.1, -0.05) is 6.07 Å². The standard InChI is InChI=1S/C10H9NO2S/c11-7-8-3-4-9-2-1-5-14(12,13)10(9)6-8/h3-4,6H,1-2,5H2. The van der Waals surface area contributed by atoms with Crippen LogP contribution in [-0.2, 0) is 16.3 Å². The van der Waals surface area contributed by atoms with Crippen LogP contribution in [0.4, 0.5) is 0 Å². The molecule has 1 heterocycles. The lowest BCUT2D eigenvalue weighted by Gasteiger charge is -2.15. The number of aryl methyl sites for hydroxylation is 1. The maximum absolute atomic E-state index is 11.6. The van der Waals surface area contributed by atoms with Gasteiger partial charge in [-0.2, -0.15) is 5.26 Å². The van der Waals surface area contributed by atoms with Crippen molar-refractivity contribution < 1.29 is 8.42 Å². The highest BCUT2D eigenvalue weighted by atomic mass is 32.2. The Morgan fingerprint density at radius 3 is 2.86 bits per heavy atom. The van der Waals surface area contributed by atoms with Crippen LogP contribution in [0.2, 0.25) is 0 Å². The van der Waals surface area contributed by atoms with E-state index in [0.717, 1.165) is 12.0 Å². The van der Waals surface area contributed by atoms with E-state index < -0.39 is 9.84 Å². The van der Waals surface area contributed by atoms with Crippen LogP contribution in [-0.4, -0.2) is 14.2 Å². The molecule has 1 aromatic carbocycles. The summed E-state index contributed by atoms with van der Waals surface area (Å²) in [4.78, 5) is 0.350. The van der Waals surface area contributed by atoms with Gasteiger partial charge in [-0.25, -0.2) is 8.42 Å². The van der Waals surface area contributed by atoms with Crippen LogP contribution in [0.5, 0.6) is 0 Å². The summed E-state index contributed by atoms with van der Waals surface area (Å²) in [6.07, 6.45) is 1.47. The van der Waals surface area contributed by atoms with Gasteiger partial charge in [0.25, 0.3) is 0 Å². The third-order valence-electron chi connectivity index (χ3n) is 2.39. The molecule has 0 unspecified atom stereocenters. The van der Waals surface area contributed by atoms with E-state index in [4.69, 9.17) is 5.26 Å². The Balaban J connectivity index is 2.68. The molecular weight excluding hydrogens is 198 g/mol. The minimum absolute atomic E-state index is 0.203. The summed E-state index contributed by atoms with van der Waals surface area (Å²) >= 11 is 0. The molecule has 0 aromatic heterocycles. The molecule has 14 heavy (non-hydrogen) atoms. The average Bonchev–Trinajstić information content (AvgIpc) is 2.17. The van der Waals surface area contributed by atoms with E-state index in [0.29, 0.717) is 16.9 Å². The van der Waals surface area contributed by atoms with Gasteiger partial charge >= 0.3 is 0 Å². The fraction of sp³-hybridized carbons (Fsp3) is 0.300. The molecule has 4 heteroatoms. The Labute approximate surface area is 82.9 Å². The number of nitrogens with zero attached hydrogens (tertiary/aromatic N) is 1. The van der Waals surface area contributed by atoms with Gasteiger partial charge in [-0.05, 0) is 30.5 Å². The van der Waals surface area contributed by atoms with E-state index >= 15 is 0 Å². The Morgan fingerprint density at radius 1 is 1.36 bits per heavy atom. The molecule has 0 fully saturated rings. The summed E-state index contributed by atoms with van der Waals surface area (Å²) in [5.74, 6) is 0.203. The second-order valence-electron chi connectivity index (χ2n) is 3.36. The zero-order valence-corrected chi connectivity index (χ0v) is 8.34. The van der Waals surface area contributed by atoms with E-state index in [1.807, 2.05) is 6.07 Å². The predicted octanol–water partition coefficient (Wildman–Crippen LogP) is 1.28. The molecule has 2 rings (SSSR count). The molecule has 0 amide bonds. The molecule has 72 valence electrons. The van der Waals surface area contributed by atoms with E-state index in [9.17, 15) is 8.42 Å². The molecule has 0 atom stereocenters. The topological polar surface area (TPSA) is 57.9 Å². The van der Waals surface area contributed by atoms with Crippen LogP contribution in [0.15, 0.2) is 23.1 Å². The largest absolute Gasteiger partial charge is 0.224 e. The van der Waals surface area contributed by atoms with E-state index in [-0.39, 0.29) is 5.75 Å². The van der Waals surface area contributed by atoms with Crippen molar-refractivity contribution in [1.29, 1.82) is 5.26 Å². The van der Waals surface area contributed by atoms with Crippen molar-refractivity contribution in [2.75, 3.05) is 5.75 Å². The second kappa shape index (κ2) is 3.10. The van der Waals surface area contributed by atoms with Crippen LogP contribution >= 0.6 is 0 Å². The summed E-state index contributed by atoms with van der Waals surface area (Å²) in [6.45, 7) is 0. The summed E-state index contributed by atoms with van der Waals surface area (Å²) in [6, 6.07) is 6.83. The first kappa shape index (κ1) is 9.22. The van der Waals surface area contributed by atoms with Crippen LogP contribution in [0.25, 0.3) is 0 Å². The normalized spacial score (nSPS) is 18.2. The number of fused-ring (bicyclic) bond motifs is 1. The smallest absolute Gasteiger partial charge is 0.178 e. The number of hydrogen-bond donors (Lipinski definition) is 0. The number of nitriles is 1. The monoisotopic (exact) mass is 207 g/mol. The molecule has 0 spiro atoms. The number of rotatable bonds is 0. The predicted molar refractivity (Wildman–Crippen MR) is 51.5 cm³/mol. The number of hydrogen-bond acceptors (Lipinski definition) is 3. The van der Waals surface area contributed by atoms with Crippen molar-refractivity contribution in [1.82, 2.24) is 0 Å². The fourth-order valence-electron chi connectivity index (χ4n) is 1.68. The van der Waals surface area contributed by atoms with Gasteiger partial charge < -0.3 is 0 Å². The number of sulfone groups is 1. The highest BCUT2D eigenvalue weighted by Gasteiger charge is 2.23. The minimum Gasteiger partial charge on any atom is -0.224 e. The molecule has 0 bridgehead atoms. The molecule has 3 nitrogen and oxygen atoms in total. The van der Waals surface area contributed by atoms with E-state index in [1.54, 1.807) is 12.1 Å². The SMILES string of the molecule is N#Cc1ccc2c(c1)S(=O)(=O)CCC2. The molecular formula is C10H9NO2S. The van der Waals surface area contributed by atoms with Gasteiger partial charge in [0.2, 0.25) is 0 Å². The summed E-state index contributed by atoms with van der Waals surface area (Å²) < 4.78 is 23.3. The first-order chi connectivity index (χ1) is 6.63. The molecule has 1 aromatic rings. The second-order valence-corrected chi connectivity index (χ2v) is 5.43. The molecule has 0 radical (unpaired) electrons. The lowest BCUT2D eigenvalue weighted by molar-refractivity contribution is 0.586. The molecule has 1 aliphatic heterocycles. The highest BCUT2D eigenvalue weighted by Crippen LogP contribution is 2.25. The van der Waals surface area contributed by atoms with Gasteiger partial charge in [0, 0.05) is 0 Å². The van der Waals surface area contributed by atoms with Gasteiger partial charge in [0.05, 0.1) is 22.3 Å². The lowest BCUT2D eigenvalue weighted by atomic mass is 10.1. The quantitative estimate of drug-likeness (QED) is 0.644. The van der Waals surface area contributed by atoms with Crippen LogP contribution in [0.3, 0.4) is 0 Å². The van der Waals surface area contributed by atoms with E-state index in [2.05, 4.69) is 0 Å². The first-order valence-electron chi connectivity index (χ1n) is 4.39. The van der Waals surface area contributed by atoms with Crippen molar-refractivity contribution >= 4 is 9.84 Å². The summed E-state index contributed by atoms with van der Waals surface area (Å²) in [7, 11) is -3.13. The Bertz CT molecular complexity index is 511. The maximum atomic E-state index is 11.6. The zero-order chi connectivity index (χ0) is 10.2. The van der Waals surface area contributed by atoms with Crippen molar-refractivity contribution in [3.63, 3.8) is 0 Å². The van der Waals surface area contributed by atoms with E-state index in [1.165, 1.54) is 6.07 Å². The number of benzene rings is 1. The van der Waals surface area contributed by atoms with Gasteiger partial charge in [-0.3, -0.25) is 0 Å². The lowest BCUT2D eigenvalue weighted by Crippen LogP contribution is -2.16. The van der Waals surface area contributed by atoms with Crippen LogP contribution in [0, 0.1) is 11.3 Å². The van der Waals surface area contributed by atoms with Crippen molar-refractivity contribution in [3.05, 3.63) is 29.3 Å². The first-order valence-corrected chi connectivity index (χ1v) is 6.04. The Kier molecular flexibility index (Phi) is 2.05. The maximum Gasteiger partial charge on any atom is 0.178 e. The average molecular weight is 207 g/mol. The van der Waals surface area contributed by atoms with Gasteiger partial charge in [-0.15, -0.1) is 0 Å². The van der Waals surface area contributed by atoms with Crippen LogP contribution < -0.4 is 0 Å². The zero-order valence-electron chi connectivity index (χ0n) is 7.53. The summed E-state index contributed by atoms with van der Waals surface area (Å²) in [5.41, 5.74) is 1.25. The fourth-order valence-corrected chi connectivity index (χ4v) is 3.30. The Morgan fingerprint density at radius 2 is 2.14 bits per heavy atom. The van der Waals surface area contributed by atoms with Crippen molar-refractivity contribution in [2.45, 2.75) is 17.7 Å². The Hall–Kier alpha value is -1.34. The van der Waals surface area contributed by atoms with Crippen molar-refractivity contribution in [3.8, 4) is 6.07 Å². The molecule has 0 aliphatic carbocycles. The molecule has 0 saturated heterocycles. The third-order valence-corrected chi connectivity index (χ3v) is 4.27. The van der Waals surface area contributed by atoms with Crippen LogP contribution in [0.1, 0.15) is 17.5 Å². The third kappa shape index (κ3) is 1.40. The molecule has 0 N–H and O–H groups in total.